The average Bonchev–Trinajstić information content (AvgIpc) is 2.77. The fourth-order valence-electron chi connectivity index (χ4n) is 4.25. The summed E-state index contributed by atoms with van der Waals surface area (Å²) < 4.78 is 0. The molecule has 0 aliphatic carbocycles. The van der Waals surface area contributed by atoms with Gasteiger partial charge in [-0.25, -0.2) is 4.79 Å². The van der Waals surface area contributed by atoms with E-state index in [1.807, 2.05) is 24.3 Å². The van der Waals surface area contributed by atoms with Crippen LogP contribution >= 0.6 is 0 Å². The van der Waals surface area contributed by atoms with Gasteiger partial charge >= 0.3 is 5.97 Å². The SMILES string of the molecule is O=C(O)C1=CCN(C(c2ccccc2)(c2ccccc2)c2ccccc2)CC1. The molecule has 0 radical (unpaired) electrons. The molecule has 3 aromatic rings. The number of hydrogen-bond acceptors (Lipinski definition) is 2. The largest absolute Gasteiger partial charge is 0.478 e. The number of rotatable bonds is 5. The summed E-state index contributed by atoms with van der Waals surface area (Å²) in [5.74, 6) is -0.815. The molecule has 0 saturated carbocycles. The van der Waals surface area contributed by atoms with Crippen LogP contribution in [0, 0.1) is 0 Å². The van der Waals surface area contributed by atoms with Crippen molar-refractivity contribution in [1.29, 1.82) is 0 Å². The first-order valence-electron chi connectivity index (χ1n) is 9.57. The average molecular weight is 369 g/mol. The molecule has 0 amide bonds. The molecular weight excluding hydrogens is 346 g/mol. The molecule has 0 atom stereocenters. The highest BCUT2D eigenvalue weighted by Gasteiger charge is 2.42. The smallest absolute Gasteiger partial charge is 0.331 e. The van der Waals surface area contributed by atoms with E-state index in [-0.39, 0.29) is 0 Å². The number of benzene rings is 3. The molecule has 0 aromatic heterocycles. The fraction of sp³-hybridized carbons (Fsp3) is 0.160. The minimum atomic E-state index is -0.815. The van der Waals surface area contributed by atoms with E-state index in [2.05, 4.69) is 77.7 Å². The Morgan fingerprint density at radius 2 is 1.18 bits per heavy atom. The van der Waals surface area contributed by atoms with Gasteiger partial charge in [0.2, 0.25) is 0 Å². The maximum atomic E-state index is 11.4. The number of hydrogen-bond donors (Lipinski definition) is 1. The Bertz CT molecular complexity index is 869. The van der Waals surface area contributed by atoms with Crippen LogP contribution in [-0.4, -0.2) is 29.1 Å². The third-order valence-electron chi connectivity index (χ3n) is 5.53. The van der Waals surface area contributed by atoms with Gasteiger partial charge in [0.1, 0.15) is 0 Å². The summed E-state index contributed by atoms with van der Waals surface area (Å²) in [5, 5.41) is 9.39. The summed E-state index contributed by atoms with van der Waals surface area (Å²) in [4.78, 5) is 13.8. The van der Waals surface area contributed by atoms with Crippen LogP contribution < -0.4 is 0 Å². The van der Waals surface area contributed by atoms with Gasteiger partial charge in [0.15, 0.2) is 0 Å². The van der Waals surface area contributed by atoms with Crippen LogP contribution in [-0.2, 0) is 10.3 Å². The second-order valence-corrected chi connectivity index (χ2v) is 7.04. The lowest BCUT2D eigenvalue weighted by Crippen LogP contribution is -2.50. The zero-order chi connectivity index (χ0) is 19.4. The lowest BCUT2D eigenvalue weighted by atomic mass is 9.75. The Labute approximate surface area is 165 Å². The van der Waals surface area contributed by atoms with Gasteiger partial charge in [-0.05, 0) is 23.1 Å². The van der Waals surface area contributed by atoms with Crippen LogP contribution in [0.5, 0.6) is 0 Å². The summed E-state index contributed by atoms with van der Waals surface area (Å²) in [6, 6.07) is 31.5. The number of carboxylic acids is 1. The molecule has 28 heavy (non-hydrogen) atoms. The summed E-state index contributed by atoms with van der Waals surface area (Å²) in [7, 11) is 0. The molecule has 140 valence electrons. The second-order valence-electron chi connectivity index (χ2n) is 7.04. The normalized spacial score (nSPS) is 15.1. The quantitative estimate of drug-likeness (QED) is 0.663. The van der Waals surface area contributed by atoms with Gasteiger partial charge in [-0.1, -0.05) is 97.1 Å². The van der Waals surface area contributed by atoms with Crippen molar-refractivity contribution in [2.24, 2.45) is 0 Å². The van der Waals surface area contributed by atoms with Crippen molar-refractivity contribution < 1.29 is 9.90 Å². The number of carbonyl (C=O) groups is 1. The van der Waals surface area contributed by atoms with E-state index in [9.17, 15) is 9.90 Å². The first-order chi connectivity index (χ1) is 13.7. The molecule has 1 aliphatic rings. The van der Waals surface area contributed by atoms with Crippen LogP contribution in [0.1, 0.15) is 23.1 Å². The minimum absolute atomic E-state index is 0.482. The van der Waals surface area contributed by atoms with E-state index in [0.717, 1.165) is 0 Å². The van der Waals surface area contributed by atoms with Gasteiger partial charge in [0.05, 0.1) is 5.54 Å². The molecule has 0 spiro atoms. The highest BCUT2D eigenvalue weighted by atomic mass is 16.4. The molecule has 3 aromatic carbocycles. The summed E-state index contributed by atoms with van der Waals surface area (Å²) >= 11 is 0. The molecule has 1 N–H and O–H groups in total. The van der Waals surface area contributed by atoms with Crippen LogP contribution in [0.25, 0.3) is 0 Å². The van der Waals surface area contributed by atoms with Crippen molar-refractivity contribution in [2.45, 2.75) is 12.0 Å². The molecule has 0 bridgehead atoms. The van der Waals surface area contributed by atoms with Crippen LogP contribution in [0.4, 0.5) is 0 Å². The Morgan fingerprint density at radius 1 is 0.750 bits per heavy atom. The fourth-order valence-corrected chi connectivity index (χ4v) is 4.25. The number of carboxylic acid groups (broad SMARTS) is 1. The van der Waals surface area contributed by atoms with E-state index in [1.54, 1.807) is 0 Å². The molecule has 4 rings (SSSR count). The van der Waals surface area contributed by atoms with Gasteiger partial charge in [-0.15, -0.1) is 0 Å². The van der Waals surface area contributed by atoms with Gasteiger partial charge in [0, 0.05) is 18.7 Å². The van der Waals surface area contributed by atoms with E-state index >= 15 is 0 Å². The van der Waals surface area contributed by atoms with E-state index < -0.39 is 11.5 Å². The molecule has 3 heteroatoms. The maximum Gasteiger partial charge on any atom is 0.331 e. The minimum Gasteiger partial charge on any atom is -0.478 e. The molecule has 3 nitrogen and oxygen atoms in total. The van der Waals surface area contributed by atoms with E-state index in [1.165, 1.54) is 16.7 Å². The highest BCUT2D eigenvalue weighted by molar-refractivity contribution is 5.86. The first kappa shape index (κ1) is 18.2. The molecule has 1 aliphatic heterocycles. The van der Waals surface area contributed by atoms with Gasteiger partial charge < -0.3 is 5.11 Å². The third kappa shape index (κ3) is 3.14. The topological polar surface area (TPSA) is 40.5 Å². The van der Waals surface area contributed by atoms with Gasteiger partial charge in [-0.3, -0.25) is 4.90 Å². The van der Waals surface area contributed by atoms with Crippen molar-refractivity contribution in [2.75, 3.05) is 13.1 Å². The Hall–Kier alpha value is -3.17. The predicted molar refractivity (Wildman–Crippen MR) is 111 cm³/mol. The van der Waals surface area contributed by atoms with Crippen molar-refractivity contribution in [3.63, 3.8) is 0 Å². The number of nitrogens with zero attached hydrogens (tertiary/aromatic N) is 1. The first-order valence-corrected chi connectivity index (χ1v) is 9.57. The predicted octanol–water partition coefficient (Wildman–Crippen LogP) is 4.70. The van der Waals surface area contributed by atoms with Crippen LogP contribution in [0.3, 0.4) is 0 Å². The highest BCUT2D eigenvalue weighted by Crippen LogP contribution is 2.43. The molecular formula is C25H23NO2. The van der Waals surface area contributed by atoms with Gasteiger partial charge in [-0.2, -0.15) is 0 Å². The zero-order valence-corrected chi connectivity index (χ0v) is 15.7. The van der Waals surface area contributed by atoms with Gasteiger partial charge in [0.25, 0.3) is 0 Å². The van der Waals surface area contributed by atoms with Crippen LogP contribution in [0.15, 0.2) is 103 Å². The Morgan fingerprint density at radius 3 is 1.50 bits per heavy atom. The molecule has 0 fully saturated rings. The Balaban J connectivity index is 1.96. The monoisotopic (exact) mass is 369 g/mol. The van der Waals surface area contributed by atoms with Crippen molar-refractivity contribution in [3.8, 4) is 0 Å². The van der Waals surface area contributed by atoms with E-state index in [0.29, 0.717) is 25.1 Å². The van der Waals surface area contributed by atoms with Crippen LogP contribution in [0.2, 0.25) is 0 Å². The maximum absolute atomic E-state index is 11.4. The van der Waals surface area contributed by atoms with E-state index in [4.69, 9.17) is 0 Å². The standard InChI is InChI=1S/C25H23NO2/c27-24(28)20-16-18-26(19-17-20)25(21-10-4-1-5-11-21,22-12-6-2-7-13-22)23-14-8-3-9-15-23/h1-16H,17-19H2,(H,27,28). The number of aliphatic carboxylic acids is 1. The second kappa shape index (κ2) is 7.83. The summed E-state index contributed by atoms with van der Waals surface area (Å²) in [6.45, 7) is 1.26. The van der Waals surface area contributed by atoms with Crippen molar-refractivity contribution >= 4 is 5.97 Å². The lowest BCUT2D eigenvalue weighted by molar-refractivity contribution is -0.133. The zero-order valence-electron chi connectivity index (χ0n) is 15.7. The Kier molecular flexibility index (Phi) is 5.09. The molecule has 0 unspecified atom stereocenters. The summed E-state index contributed by atoms with van der Waals surface area (Å²) in [6.07, 6.45) is 2.39. The summed E-state index contributed by atoms with van der Waals surface area (Å²) in [5.41, 5.74) is 3.56. The van der Waals surface area contributed by atoms with Crippen molar-refractivity contribution in [3.05, 3.63) is 119 Å². The molecule has 0 saturated heterocycles. The molecule has 1 heterocycles. The van der Waals surface area contributed by atoms with Crippen molar-refractivity contribution in [1.82, 2.24) is 4.90 Å². The third-order valence-corrected chi connectivity index (χ3v) is 5.53. The lowest BCUT2D eigenvalue weighted by Gasteiger charge is -2.46.